The maximum atomic E-state index is 13.1. The van der Waals surface area contributed by atoms with Crippen LogP contribution in [0.25, 0.3) is 0 Å². The van der Waals surface area contributed by atoms with Crippen LogP contribution in [-0.4, -0.2) is 46.9 Å². The topological polar surface area (TPSA) is 95.9 Å². The third-order valence-corrected chi connectivity index (χ3v) is 10.2. The minimum absolute atomic E-state index is 0.0542. The first-order valence-corrected chi connectivity index (χ1v) is 23.1. The van der Waals surface area contributed by atoms with Crippen LogP contribution < -0.4 is 5.32 Å². The minimum atomic E-state index is -0.796. The van der Waals surface area contributed by atoms with E-state index in [1.807, 2.05) is 30.4 Å². The molecule has 0 radical (unpaired) electrons. The molecule has 0 fully saturated rings. The largest absolute Gasteiger partial charge is 0.462 e. The number of hydrogen-bond donors (Lipinski definition) is 3. The molecule has 3 atom stereocenters. The van der Waals surface area contributed by atoms with Crippen molar-refractivity contribution >= 4 is 11.9 Å². The van der Waals surface area contributed by atoms with E-state index in [0.29, 0.717) is 19.3 Å². The number of unbranched alkanes of at least 4 members (excludes halogenated alkanes) is 21. The van der Waals surface area contributed by atoms with Crippen LogP contribution in [0.15, 0.2) is 60.8 Å². The summed E-state index contributed by atoms with van der Waals surface area (Å²) in [4.78, 5) is 26.0. The van der Waals surface area contributed by atoms with Crippen molar-refractivity contribution in [3.05, 3.63) is 60.8 Å². The van der Waals surface area contributed by atoms with Gasteiger partial charge in [-0.2, -0.15) is 0 Å². The van der Waals surface area contributed by atoms with Gasteiger partial charge in [0.2, 0.25) is 5.91 Å². The summed E-state index contributed by atoms with van der Waals surface area (Å²) in [5.41, 5.74) is 0. The van der Waals surface area contributed by atoms with Gasteiger partial charge in [0, 0.05) is 6.42 Å². The number of carbonyl (C=O) groups is 2. The van der Waals surface area contributed by atoms with Gasteiger partial charge >= 0.3 is 5.97 Å². The lowest BCUT2D eigenvalue weighted by molar-refractivity contribution is -0.151. The lowest BCUT2D eigenvalue weighted by Crippen LogP contribution is -2.46. The number of esters is 1. The first-order chi connectivity index (χ1) is 27.0. The fourth-order valence-corrected chi connectivity index (χ4v) is 6.67. The molecular formula is C49H87NO5. The predicted octanol–water partition coefficient (Wildman–Crippen LogP) is 13.3. The lowest BCUT2D eigenvalue weighted by Gasteiger charge is -2.24. The van der Waals surface area contributed by atoms with Gasteiger partial charge in [0.25, 0.3) is 0 Å². The van der Waals surface area contributed by atoms with E-state index in [-0.39, 0.29) is 24.9 Å². The van der Waals surface area contributed by atoms with Crippen LogP contribution in [0.1, 0.15) is 213 Å². The van der Waals surface area contributed by atoms with E-state index in [0.717, 1.165) is 77.0 Å². The molecule has 0 aliphatic rings. The summed E-state index contributed by atoms with van der Waals surface area (Å²) in [7, 11) is 0. The van der Waals surface area contributed by atoms with Crippen LogP contribution in [0.5, 0.6) is 0 Å². The van der Waals surface area contributed by atoms with Gasteiger partial charge in [-0.25, -0.2) is 0 Å². The molecule has 0 spiro atoms. The zero-order valence-corrected chi connectivity index (χ0v) is 36.0. The molecule has 6 heteroatoms. The fraction of sp³-hybridized carbons (Fsp3) is 0.755. The van der Waals surface area contributed by atoms with E-state index in [1.54, 1.807) is 0 Å². The average Bonchev–Trinajstić information content (AvgIpc) is 3.18. The van der Waals surface area contributed by atoms with Gasteiger partial charge in [-0.05, 0) is 70.6 Å². The van der Waals surface area contributed by atoms with Gasteiger partial charge in [0.15, 0.2) is 0 Å². The van der Waals surface area contributed by atoms with E-state index in [4.69, 9.17) is 4.74 Å². The molecule has 0 aromatic rings. The van der Waals surface area contributed by atoms with Crippen LogP contribution >= 0.6 is 0 Å². The molecule has 0 aromatic carbocycles. The number of aliphatic hydroxyl groups is 2. The van der Waals surface area contributed by atoms with Crippen molar-refractivity contribution in [1.29, 1.82) is 0 Å². The highest BCUT2D eigenvalue weighted by Gasteiger charge is 2.24. The maximum Gasteiger partial charge on any atom is 0.306 e. The molecule has 0 bridgehead atoms. The molecule has 0 heterocycles. The minimum Gasteiger partial charge on any atom is -0.462 e. The summed E-state index contributed by atoms with van der Waals surface area (Å²) in [6, 6.07) is -0.711. The normalized spacial score (nSPS) is 13.9. The van der Waals surface area contributed by atoms with E-state index in [2.05, 4.69) is 56.5 Å². The molecule has 0 saturated carbocycles. The molecule has 0 saturated heterocycles. The molecule has 0 aliphatic carbocycles. The van der Waals surface area contributed by atoms with Crippen molar-refractivity contribution in [2.24, 2.45) is 0 Å². The van der Waals surface area contributed by atoms with Gasteiger partial charge in [-0.1, -0.05) is 191 Å². The van der Waals surface area contributed by atoms with Crippen molar-refractivity contribution in [3.8, 4) is 0 Å². The molecule has 1 amide bonds. The second-order valence-electron chi connectivity index (χ2n) is 15.5. The SMILES string of the molecule is CC/C=C/C=C/C=C\C=C/CCCCCC(=O)OC(CCCCCCC/C=C\CCCCCC)CC(=O)NC(CO)C(O)CCCCCCCCCCCC. The highest BCUT2D eigenvalue weighted by molar-refractivity contribution is 5.77. The van der Waals surface area contributed by atoms with E-state index >= 15 is 0 Å². The van der Waals surface area contributed by atoms with Crippen molar-refractivity contribution < 1.29 is 24.5 Å². The first-order valence-electron chi connectivity index (χ1n) is 23.1. The Morgan fingerprint density at radius 1 is 0.545 bits per heavy atom. The average molecular weight is 770 g/mol. The lowest BCUT2D eigenvalue weighted by atomic mass is 10.0. The molecule has 0 aromatic heterocycles. The van der Waals surface area contributed by atoms with Crippen molar-refractivity contribution in [2.45, 2.75) is 232 Å². The monoisotopic (exact) mass is 770 g/mol. The molecule has 0 rings (SSSR count). The Labute approximate surface area is 339 Å². The molecule has 318 valence electrons. The Hall–Kier alpha value is -2.44. The Morgan fingerprint density at radius 3 is 1.56 bits per heavy atom. The third kappa shape index (κ3) is 38.2. The van der Waals surface area contributed by atoms with Gasteiger partial charge in [-0.15, -0.1) is 0 Å². The summed E-state index contributed by atoms with van der Waals surface area (Å²) < 4.78 is 5.88. The summed E-state index contributed by atoms with van der Waals surface area (Å²) >= 11 is 0. The van der Waals surface area contributed by atoms with Crippen LogP contribution in [0.2, 0.25) is 0 Å². The number of hydrogen-bond acceptors (Lipinski definition) is 5. The standard InChI is InChI=1S/C49H87NO5/c1-4-7-10-13-16-19-22-24-26-28-31-34-37-40-45(55-49(54)42-39-36-33-30-27-25-23-20-17-14-11-8-5-2)43-48(53)50-46(44-51)47(52)41-38-35-32-29-21-18-15-12-9-6-3/h8,11,14,17,19-20,22-23,25,27,45-47,51-52H,4-7,9-10,12-13,15-16,18,21,24,26,28-44H2,1-3H3,(H,50,53)/b11-8+,17-14+,22-19-,23-20-,27-25-. The summed E-state index contributed by atoms with van der Waals surface area (Å²) in [6.07, 6.45) is 51.3. The Balaban J connectivity index is 4.69. The Kier molecular flexibility index (Phi) is 40.8. The van der Waals surface area contributed by atoms with Crippen molar-refractivity contribution in [2.75, 3.05) is 6.61 Å². The van der Waals surface area contributed by atoms with Gasteiger partial charge in [0.05, 0.1) is 25.2 Å². The number of nitrogens with one attached hydrogen (secondary N) is 1. The summed E-state index contributed by atoms with van der Waals surface area (Å²) in [5.74, 6) is -0.532. The quantitative estimate of drug-likeness (QED) is 0.0250. The second-order valence-corrected chi connectivity index (χ2v) is 15.5. The van der Waals surface area contributed by atoms with E-state index in [1.165, 1.54) is 89.9 Å². The number of allylic oxidation sites excluding steroid dienone is 10. The highest BCUT2D eigenvalue weighted by atomic mass is 16.5. The zero-order valence-electron chi connectivity index (χ0n) is 36.0. The van der Waals surface area contributed by atoms with Crippen LogP contribution in [0, 0.1) is 0 Å². The number of rotatable bonds is 40. The second kappa shape index (κ2) is 42.7. The van der Waals surface area contributed by atoms with Gasteiger partial charge in [-0.3, -0.25) is 9.59 Å². The van der Waals surface area contributed by atoms with Gasteiger partial charge < -0.3 is 20.3 Å². The van der Waals surface area contributed by atoms with Crippen LogP contribution in [0.3, 0.4) is 0 Å². The number of carbonyl (C=O) groups excluding carboxylic acids is 2. The summed E-state index contributed by atoms with van der Waals surface area (Å²) in [6.45, 7) is 6.29. The van der Waals surface area contributed by atoms with Crippen molar-refractivity contribution in [1.82, 2.24) is 5.32 Å². The highest BCUT2D eigenvalue weighted by Crippen LogP contribution is 2.17. The maximum absolute atomic E-state index is 13.1. The number of ether oxygens (including phenoxy) is 1. The van der Waals surface area contributed by atoms with E-state index in [9.17, 15) is 19.8 Å². The molecular weight excluding hydrogens is 683 g/mol. The summed E-state index contributed by atoms with van der Waals surface area (Å²) in [5, 5.41) is 23.6. The first kappa shape index (κ1) is 52.6. The number of aliphatic hydroxyl groups excluding tert-OH is 2. The van der Waals surface area contributed by atoms with Crippen LogP contribution in [0.4, 0.5) is 0 Å². The van der Waals surface area contributed by atoms with Gasteiger partial charge in [0.1, 0.15) is 6.10 Å². The molecule has 0 aliphatic heterocycles. The number of amides is 1. The molecule has 3 unspecified atom stereocenters. The molecule has 3 N–H and O–H groups in total. The zero-order chi connectivity index (χ0) is 40.3. The van der Waals surface area contributed by atoms with E-state index < -0.39 is 18.2 Å². The smallest absolute Gasteiger partial charge is 0.306 e. The molecule has 55 heavy (non-hydrogen) atoms. The Morgan fingerprint density at radius 2 is 1.00 bits per heavy atom. The van der Waals surface area contributed by atoms with Crippen LogP contribution in [-0.2, 0) is 14.3 Å². The fourth-order valence-electron chi connectivity index (χ4n) is 6.67. The Bertz CT molecular complexity index is 999. The predicted molar refractivity (Wildman–Crippen MR) is 236 cm³/mol. The molecule has 6 nitrogen and oxygen atoms in total. The third-order valence-electron chi connectivity index (χ3n) is 10.2. The van der Waals surface area contributed by atoms with Crippen molar-refractivity contribution in [3.63, 3.8) is 0 Å².